The van der Waals surface area contributed by atoms with Crippen molar-refractivity contribution in [3.05, 3.63) is 71.8 Å². The minimum atomic E-state index is -3.02. The molecular formula is C24H20F2N2O5. The van der Waals surface area contributed by atoms with Gasteiger partial charge in [-0.15, -0.1) is 0 Å². The van der Waals surface area contributed by atoms with Gasteiger partial charge in [0.1, 0.15) is 19.4 Å². The second-order valence-corrected chi connectivity index (χ2v) is 7.38. The van der Waals surface area contributed by atoms with Crippen LogP contribution in [0.25, 0.3) is 0 Å². The fraction of sp³-hybridized carbons (Fsp3) is 0.208. The van der Waals surface area contributed by atoms with Crippen LogP contribution in [-0.2, 0) is 0 Å². The Hall–Kier alpha value is -4.01. The van der Waals surface area contributed by atoms with Gasteiger partial charge in [0.15, 0.2) is 23.0 Å². The Kier molecular flexibility index (Phi) is 5.37. The second-order valence-electron chi connectivity index (χ2n) is 7.38. The van der Waals surface area contributed by atoms with Gasteiger partial charge in [-0.05, 0) is 42.0 Å². The van der Waals surface area contributed by atoms with E-state index in [-0.39, 0.29) is 17.4 Å². The van der Waals surface area contributed by atoms with Crippen molar-refractivity contribution >= 4 is 17.3 Å². The summed E-state index contributed by atoms with van der Waals surface area (Å²) >= 11 is 0. The Morgan fingerprint density at radius 1 is 1.00 bits per heavy atom. The topological polar surface area (TPSA) is 69.3 Å². The minimum Gasteiger partial charge on any atom is -0.493 e. The number of carbonyl (C=O) groups is 1. The lowest BCUT2D eigenvalue weighted by molar-refractivity contribution is -0.0512. The first-order valence-corrected chi connectivity index (χ1v) is 10.3. The van der Waals surface area contributed by atoms with E-state index in [4.69, 9.17) is 14.2 Å². The lowest BCUT2D eigenvalue weighted by Gasteiger charge is -2.38. The van der Waals surface area contributed by atoms with Crippen LogP contribution in [-0.4, -0.2) is 32.8 Å². The average molecular weight is 454 g/mol. The van der Waals surface area contributed by atoms with Crippen molar-refractivity contribution in [3.8, 4) is 23.0 Å². The largest absolute Gasteiger partial charge is 0.493 e. The molecule has 0 fully saturated rings. The molecule has 33 heavy (non-hydrogen) atoms. The summed E-state index contributed by atoms with van der Waals surface area (Å²) in [5, 5.41) is 3.34. The summed E-state index contributed by atoms with van der Waals surface area (Å²) < 4.78 is 47.1. The van der Waals surface area contributed by atoms with Crippen molar-refractivity contribution in [3.63, 3.8) is 0 Å². The van der Waals surface area contributed by atoms with Gasteiger partial charge in [-0.25, -0.2) is 0 Å². The maximum absolute atomic E-state index is 13.6. The Morgan fingerprint density at radius 3 is 2.58 bits per heavy atom. The summed E-state index contributed by atoms with van der Waals surface area (Å²) in [4.78, 5) is 15.1. The highest BCUT2D eigenvalue weighted by molar-refractivity contribution is 6.12. The van der Waals surface area contributed by atoms with Gasteiger partial charge in [-0.2, -0.15) is 8.78 Å². The van der Waals surface area contributed by atoms with E-state index in [2.05, 4.69) is 10.1 Å². The molecule has 5 rings (SSSR count). The molecule has 7 nitrogen and oxygen atoms in total. The number of para-hydroxylation sites is 1. The fourth-order valence-electron chi connectivity index (χ4n) is 3.99. The zero-order valence-corrected chi connectivity index (χ0v) is 17.6. The smallest absolute Gasteiger partial charge is 0.387 e. The molecule has 1 amide bonds. The Labute approximate surface area is 188 Å². The Balaban J connectivity index is 1.62. The normalized spacial score (nSPS) is 16.8. The molecule has 2 aliphatic heterocycles. The molecule has 0 spiro atoms. The SMILES string of the molecule is COc1ccc(C2Nc3ccccc3C(=O)N2c2ccc3c(c2)OCCO3)cc1OC(F)F. The highest BCUT2D eigenvalue weighted by Crippen LogP contribution is 2.42. The number of alkyl halides is 2. The number of benzene rings is 3. The summed E-state index contributed by atoms with van der Waals surface area (Å²) in [5.41, 5.74) is 2.21. The Morgan fingerprint density at radius 2 is 1.79 bits per heavy atom. The molecule has 0 aliphatic carbocycles. The number of rotatable bonds is 5. The molecule has 0 bridgehead atoms. The van der Waals surface area contributed by atoms with Gasteiger partial charge in [0, 0.05) is 11.8 Å². The fourth-order valence-corrected chi connectivity index (χ4v) is 3.99. The first-order valence-electron chi connectivity index (χ1n) is 10.3. The standard InChI is InChI=1S/C24H20F2N2O5/c1-30-18-8-6-14(12-21(18)33-24(25)26)22-27-17-5-3-2-4-16(17)23(29)28(22)15-7-9-19-20(13-15)32-11-10-31-19/h2-9,12-13,22,24,27H,10-11H2,1H3. The molecule has 1 unspecified atom stereocenters. The second kappa shape index (κ2) is 8.50. The molecule has 0 saturated heterocycles. The van der Waals surface area contributed by atoms with Crippen molar-refractivity contribution < 1.29 is 32.5 Å². The number of hydrogen-bond donors (Lipinski definition) is 1. The van der Waals surface area contributed by atoms with Crippen LogP contribution in [0.15, 0.2) is 60.7 Å². The van der Waals surface area contributed by atoms with Crippen LogP contribution in [0, 0.1) is 0 Å². The van der Waals surface area contributed by atoms with Gasteiger partial charge in [0.05, 0.1) is 18.4 Å². The first-order chi connectivity index (χ1) is 16.0. The lowest BCUT2D eigenvalue weighted by atomic mass is 10.0. The number of nitrogens with zero attached hydrogens (tertiary/aromatic N) is 1. The van der Waals surface area contributed by atoms with Crippen LogP contribution >= 0.6 is 0 Å². The summed E-state index contributed by atoms with van der Waals surface area (Å²) in [6.07, 6.45) is -0.708. The van der Waals surface area contributed by atoms with E-state index in [1.807, 2.05) is 6.07 Å². The van der Waals surface area contributed by atoms with E-state index >= 15 is 0 Å². The van der Waals surface area contributed by atoms with Crippen LogP contribution in [0.2, 0.25) is 0 Å². The summed E-state index contributed by atoms with van der Waals surface area (Å²) in [7, 11) is 1.37. The number of fused-ring (bicyclic) bond motifs is 2. The first kappa shape index (κ1) is 20.9. The number of nitrogens with one attached hydrogen (secondary N) is 1. The maximum atomic E-state index is 13.6. The monoisotopic (exact) mass is 454 g/mol. The highest BCUT2D eigenvalue weighted by atomic mass is 19.3. The maximum Gasteiger partial charge on any atom is 0.387 e. The van der Waals surface area contributed by atoms with Crippen molar-refractivity contribution in [2.75, 3.05) is 30.5 Å². The number of carbonyl (C=O) groups excluding carboxylic acids is 1. The van der Waals surface area contributed by atoms with Crippen LogP contribution in [0.4, 0.5) is 20.2 Å². The number of ether oxygens (including phenoxy) is 4. The predicted octanol–water partition coefficient (Wildman–Crippen LogP) is 4.84. The quantitative estimate of drug-likeness (QED) is 0.595. The van der Waals surface area contributed by atoms with Crippen molar-refractivity contribution in [2.45, 2.75) is 12.8 Å². The molecule has 0 aromatic heterocycles. The van der Waals surface area contributed by atoms with Gasteiger partial charge in [-0.1, -0.05) is 18.2 Å². The molecule has 1 atom stereocenters. The van der Waals surface area contributed by atoms with Crippen LogP contribution in [0.3, 0.4) is 0 Å². The van der Waals surface area contributed by atoms with Gasteiger partial charge in [-0.3, -0.25) is 9.69 Å². The van der Waals surface area contributed by atoms with Crippen molar-refractivity contribution in [2.24, 2.45) is 0 Å². The van der Waals surface area contributed by atoms with Gasteiger partial charge in [0.25, 0.3) is 5.91 Å². The zero-order valence-electron chi connectivity index (χ0n) is 17.6. The molecule has 1 N–H and O–H groups in total. The number of halogens is 2. The lowest BCUT2D eigenvalue weighted by Crippen LogP contribution is -2.43. The average Bonchev–Trinajstić information content (AvgIpc) is 2.83. The summed E-state index contributed by atoms with van der Waals surface area (Å²) in [6, 6.07) is 17.0. The van der Waals surface area contributed by atoms with Crippen LogP contribution in [0.5, 0.6) is 23.0 Å². The van der Waals surface area contributed by atoms with Gasteiger partial charge in [0.2, 0.25) is 0 Å². The highest BCUT2D eigenvalue weighted by Gasteiger charge is 2.35. The predicted molar refractivity (Wildman–Crippen MR) is 117 cm³/mol. The van der Waals surface area contributed by atoms with E-state index in [1.165, 1.54) is 19.2 Å². The molecule has 170 valence electrons. The van der Waals surface area contributed by atoms with Crippen molar-refractivity contribution in [1.29, 1.82) is 0 Å². The van der Waals surface area contributed by atoms with Gasteiger partial charge >= 0.3 is 6.61 Å². The number of amides is 1. The van der Waals surface area contributed by atoms with Crippen LogP contribution in [0.1, 0.15) is 22.1 Å². The molecule has 3 aromatic rings. The zero-order chi connectivity index (χ0) is 22.9. The molecule has 0 saturated carbocycles. The number of anilines is 2. The summed E-state index contributed by atoms with van der Waals surface area (Å²) in [5.74, 6) is 0.905. The van der Waals surface area contributed by atoms with E-state index in [0.29, 0.717) is 47.2 Å². The van der Waals surface area contributed by atoms with Crippen LogP contribution < -0.4 is 29.2 Å². The molecule has 2 heterocycles. The summed E-state index contributed by atoms with van der Waals surface area (Å²) in [6.45, 7) is -2.17. The van der Waals surface area contributed by atoms with E-state index in [9.17, 15) is 13.6 Å². The van der Waals surface area contributed by atoms with E-state index < -0.39 is 12.8 Å². The molecular weight excluding hydrogens is 434 g/mol. The van der Waals surface area contributed by atoms with E-state index in [1.54, 1.807) is 47.4 Å². The third-order valence-electron chi connectivity index (χ3n) is 5.45. The Bertz CT molecular complexity index is 1200. The molecule has 9 heteroatoms. The van der Waals surface area contributed by atoms with E-state index in [0.717, 1.165) is 0 Å². The number of hydrogen-bond acceptors (Lipinski definition) is 6. The van der Waals surface area contributed by atoms with Crippen molar-refractivity contribution in [1.82, 2.24) is 0 Å². The number of methoxy groups -OCH3 is 1. The third kappa shape index (κ3) is 3.86. The van der Waals surface area contributed by atoms with Gasteiger partial charge < -0.3 is 24.3 Å². The minimum absolute atomic E-state index is 0.125. The molecule has 0 radical (unpaired) electrons. The molecule has 3 aromatic carbocycles. The molecule has 2 aliphatic rings. The third-order valence-corrected chi connectivity index (χ3v) is 5.45.